The highest BCUT2D eigenvalue weighted by atomic mass is 32.1. The number of fused-ring (bicyclic) bond motifs is 1. The van der Waals surface area contributed by atoms with Gasteiger partial charge in [-0.2, -0.15) is 0 Å². The summed E-state index contributed by atoms with van der Waals surface area (Å²) in [5.74, 6) is 2.46. The zero-order chi connectivity index (χ0) is 28.6. The minimum Gasteiger partial charge on any atom is -0.493 e. The number of carbonyl (C=O) groups excluding carboxylic acids is 1. The summed E-state index contributed by atoms with van der Waals surface area (Å²) in [7, 11) is 3.19. The number of unbranched alkanes of at least 4 members (excludes halogenated alkanes) is 10. The maximum absolute atomic E-state index is 12.3. The molecule has 0 aliphatic heterocycles. The lowest BCUT2D eigenvalue weighted by Gasteiger charge is -2.13. The molecular formula is C32H43N3O4S. The molecule has 1 aromatic heterocycles. The summed E-state index contributed by atoms with van der Waals surface area (Å²) < 4.78 is 16.9. The fourth-order valence-corrected chi connectivity index (χ4v) is 4.80. The number of thiocarbonyl (C=S) groups is 1. The molecule has 3 rings (SSSR count). The molecule has 0 unspecified atom stereocenters. The number of aromatic nitrogens is 1. The van der Waals surface area contributed by atoms with Gasteiger partial charge in [-0.1, -0.05) is 71.1 Å². The van der Waals surface area contributed by atoms with E-state index in [1.54, 1.807) is 26.5 Å². The normalized spacial score (nSPS) is 10.8. The molecule has 0 saturated carbocycles. The van der Waals surface area contributed by atoms with Crippen LogP contribution >= 0.6 is 12.2 Å². The van der Waals surface area contributed by atoms with E-state index in [-0.39, 0.29) is 5.91 Å². The second kappa shape index (κ2) is 17.3. The monoisotopic (exact) mass is 565 g/mol. The predicted octanol–water partition coefficient (Wildman–Crippen LogP) is 8.56. The number of ether oxygens (including phenoxy) is 3. The second-order valence-corrected chi connectivity index (χ2v) is 10.4. The largest absolute Gasteiger partial charge is 0.493 e. The first-order valence-electron chi connectivity index (χ1n) is 14.4. The number of carbonyl (C=O) groups is 1. The third-order valence-electron chi connectivity index (χ3n) is 6.81. The molecule has 0 atom stereocenters. The van der Waals surface area contributed by atoms with Gasteiger partial charge < -0.3 is 24.8 Å². The molecule has 7 nitrogen and oxygen atoms in total. The van der Waals surface area contributed by atoms with E-state index in [0.717, 1.165) is 29.4 Å². The quantitative estimate of drug-likeness (QED) is 0.125. The van der Waals surface area contributed by atoms with Crippen LogP contribution in [0.4, 0.5) is 5.69 Å². The van der Waals surface area contributed by atoms with Gasteiger partial charge in [-0.15, -0.1) is 0 Å². The number of benzene rings is 2. The Balaban J connectivity index is 1.38. The topological polar surface area (TPSA) is 81.7 Å². The first kappa shape index (κ1) is 31.1. The van der Waals surface area contributed by atoms with E-state index in [1.165, 1.54) is 57.8 Å². The third kappa shape index (κ3) is 10.3. The van der Waals surface area contributed by atoms with Crippen LogP contribution in [0.1, 0.15) is 84.0 Å². The molecule has 3 aromatic rings. The van der Waals surface area contributed by atoms with E-state index in [4.69, 9.17) is 26.4 Å². The van der Waals surface area contributed by atoms with E-state index >= 15 is 0 Å². The third-order valence-corrected chi connectivity index (χ3v) is 7.01. The van der Waals surface area contributed by atoms with Crippen LogP contribution in [0.25, 0.3) is 10.9 Å². The molecule has 216 valence electrons. The van der Waals surface area contributed by atoms with Crippen LogP contribution in [0, 0.1) is 0 Å². The van der Waals surface area contributed by atoms with Gasteiger partial charge in [0, 0.05) is 29.8 Å². The molecule has 2 aromatic carbocycles. The zero-order valence-corrected chi connectivity index (χ0v) is 24.9. The highest BCUT2D eigenvalue weighted by Crippen LogP contribution is 2.37. The number of amides is 1. The molecule has 0 spiro atoms. The van der Waals surface area contributed by atoms with Crippen LogP contribution in [0.2, 0.25) is 0 Å². The van der Waals surface area contributed by atoms with Crippen LogP contribution in [-0.4, -0.2) is 30.2 Å². The SMILES string of the molecule is CCCCCCCCCCCCCC(=O)NC(=S)Nc1ccc(Oc2ccnc3cc(OC)c(OC)cc23)cc1. The number of nitrogens with zero attached hydrogens (tertiary/aromatic N) is 1. The minimum atomic E-state index is -0.0509. The van der Waals surface area contributed by atoms with Crippen molar-refractivity contribution in [2.45, 2.75) is 84.0 Å². The number of pyridine rings is 1. The first-order chi connectivity index (χ1) is 19.5. The van der Waals surface area contributed by atoms with Crippen LogP contribution in [0.5, 0.6) is 23.0 Å². The van der Waals surface area contributed by atoms with Gasteiger partial charge in [0.1, 0.15) is 11.5 Å². The van der Waals surface area contributed by atoms with Crippen molar-refractivity contribution in [2.24, 2.45) is 0 Å². The van der Waals surface area contributed by atoms with E-state index in [0.29, 0.717) is 34.5 Å². The lowest BCUT2D eigenvalue weighted by molar-refractivity contribution is -0.119. The van der Waals surface area contributed by atoms with Crippen molar-refractivity contribution in [2.75, 3.05) is 19.5 Å². The maximum Gasteiger partial charge on any atom is 0.226 e. The summed E-state index contributed by atoms with van der Waals surface area (Å²) in [6.45, 7) is 2.25. The lowest BCUT2D eigenvalue weighted by Crippen LogP contribution is -2.33. The summed E-state index contributed by atoms with van der Waals surface area (Å²) in [5.41, 5.74) is 1.50. The molecule has 0 radical (unpaired) electrons. The molecule has 0 bridgehead atoms. The Bertz CT molecular complexity index is 1220. The number of rotatable bonds is 17. The first-order valence-corrected chi connectivity index (χ1v) is 14.8. The van der Waals surface area contributed by atoms with Gasteiger partial charge in [-0.3, -0.25) is 9.78 Å². The summed E-state index contributed by atoms with van der Waals surface area (Å²) in [5, 5.41) is 6.95. The highest BCUT2D eigenvalue weighted by Gasteiger charge is 2.12. The van der Waals surface area contributed by atoms with E-state index in [2.05, 4.69) is 22.5 Å². The standard InChI is InChI=1S/C32H43N3O4S/c1-4-5-6-7-8-9-10-11-12-13-14-15-31(36)35-32(40)34-24-16-18-25(19-17-24)39-28-20-21-33-27-23-30(38-3)29(37-2)22-26(27)28/h16-23H,4-15H2,1-3H3,(H2,34,35,36,40). The van der Waals surface area contributed by atoms with Gasteiger partial charge in [-0.05, 0) is 55.0 Å². The average Bonchev–Trinajstić information content (AvgIpc) is 2.96. The summed E-state index contributed by atoms with van der Waals surface area (Å²) in [4.78, 5) is 16.7. The predicted molar refractivity (Wildman–Crippen MR) is 167 cm³/mol. The lowest BCUT2D eigenvalue weighted by atomic mass is 10.1. The van der Waals surface area contributed by atoms with Gasteiger partial charge in [0.05, 0.1) is 19.7 Å². The molecule has 0 fully saturated rings. The van der Waals surface area contributed by atoms with Crippen molar-refractivity contribution in [1.29, 1.82) is 0 Å². The number of nitrogens with one attached hydrogen (secondary N) is 2. The van der Waals surface area contributed by atoms with Crippen molar-refractivity contribution in [3.63, 3.8) is 0 Å². The van der Waals surface area contributed by atoms with Crippen molar-refractivity contribution < 1.29 is 19.0 Å². The fraction of sp³-hybridized carbons (Fsp3) is 0.469. The van der Waals surface area contributed by atoms with E-state index in [1.807, 2.05) is 36.4 Å². The van der Waals surface area contributed by atoms with Crippen LogP contribution in [-0.2, 0) is 4.79 Å². The number of methoxy groups -OCH3 is 2. The molecule has 0 saturated heterocycles. The van der Waals surface area contributed by atoms with Crippen molar-refractivity contribution in [3.05, 3.63) is 48.7 Å². The number of anilines is 1. The molecule has 8 heteroatoms. The second-order valence-electron chi connectivity index (χ2n) is 9.95. The molecular weight excluding hydrogens is 522 g/mol. The van der Waals surface area contributed by atoms with Crippen molar-refractivity contribution >= 4 is 39.8 Å². The summed E-state index contributed by atoms with van der Waals surface area (Å²) >= 11 is 5.33. The van der Waals surface area contributed by atoms with Gasteiger partial charge >= 0.3 is 0 Å². The highest BCUT2D eigenvalue weighted by molar-refractivity contribution is 7.80. The van der Waals surface area contributed by atoms with Crippen LogP contribution in [0.15, 0.2) is 48.7 Å². The Morgan fingerprint density at radius 2 is 1.40 bits per heavy atom. The van der Waals surface area contributed by atoms with Gasteiger partial charge in [0.15, 0.2) is 16.6 Å². The summed E-state index contributed by atoms with van der Waals surface area (Å²) in [6, 6.07) is 12.9. The Labute approximate surface area is 244 Å². The van der Waals surface area contributed by atoms with E-state index in [9.17, 15) is 4.79 Å². The van der Waals surface area contributed by atoms with Crippen LogP contribution in [0.3, 0.4) is 0 Å². The minimum absolute atomic E-state index is 0.0509. The Morgan fingerprint density at radius 3 is 2.02 bits per heavy atom. The Morgan fingerprint density at radius 1 is 0.800 bits per heavy atom. The molecule has 0 aliphatic carbocycles. The Hall–Kier alpha value is -3.39. The maximum atomic E-state index is 12.3. The molecule has 0 aliphatic rings. The number of hydrogen-bond donors (Lipinski definition) is 2. The number of hydrogen-bond acceptors (Lipinski definition) is 6. The molecule has 1 heterocycles. The zero-order valence-electron chi connectivity index (χ0n) is 24.1. The molecule has 1 amide bonds. The average molecular weight is 566 g/mol. The van der Waals surface area contributed by atoms with Gasteiger partial charge in [-0.25, -0.2) is 0 Å². The smallest absolute Gasteiger partial charge is 0.226 e. The van der Waals surface area contributed by atoms with Gasteiger partial charge in [0.25, 0.3) is 0 Å². The molecule has 40 heavy (non-hydrogen) atoms. The Kier molecular flexibility index (Phi) is 13.5. The fourth-order valence-electron chi connectivity index (χ4n) is 4.57. The van der Waals surface area contributed by atoms with E-state index < -0.39 is 0 Å². The summed E-state index contributed by atoms with van der Waals surface area (Å²) in [6.07, 6.45) is 16.0. The van der Waals surface area contributed by atoms with Crippen LogP contribution < -0.4 is 24.8 Å². The van der Waals surface area contributed by atoms with Crippen molar-refractivity contribution in [3.8, 4) is 23.0 Å². The van der Waals surface area contributed by atoms with Crippen molar-refractivity contribution in [1.82, 2.24) is 10.3 Å². The van der Waals surface area contributed by atoms with Gasteiger partial charge in [0.2, 0.25) is 5.91 Å². The molecule has 2 N–H and O–H groups in total.